The van der Waals surface area contributed by atoms with Crippen LogP contribution in [0.4, 0.5) is 0 Å². The van der Waals surface area contributed by atoms with Gasteiger partial charge in [0.15, 0.2) is 11.5 Å². The molecule has 1 atom stereocenters. The fraction of sp³-hybridized carbons (Fsp3) is 0.357. The molecule has 3 aromatic rings. The molecule has 0 radical (unpaired) electrons. The highest BCUT2D eigenvalue weighted by Gasteiger charge is 2.55. The molecule has 1 saturated carbocycles. The molecule has 1 heterocycles. The summed E-state index contributed by atoms with van der Waals surface area (Å²) in [6.45, 7) is 1.55. The van der Waals surface area contributed by atoms with Crippen LogP contribution in [0.3, 0.4) is 0 Å². The predicted octanol–water partition coefficient (Wildman–Crippen LogP) is 5.54. The van der Waals surface area contributed by atoms with Crippen LogP contribution in [0.5, 0.6) is 17.2 Å². The monoisotopic (exact) mass is 429 g/mol. The molecule has 1 aliphatic heterocycles. The first-order valence-electron chi connectivity index (χ1n) is 11.4. The number of rotatable bonds is 7. The summed E-state index contributed by atoms with van der Waals surface area (Å²) in [7, 11) is 5.74. The number of hydrogen-bond donors (Lipinski definition) is 0. The zero-order valence-electron chi connectivity index (χ0n) is 19.1. The Morgan fingerprint density at radius 3 is 2.31 bits per heavy atom. The van der Waals surface area contributed by atoms with E-state index in [1.807, 2.05) is 18.2 Å². The molecule has 1 aliphatic carbocycles. The fourth-order valence-corrected chi connectivity index (χ4v) is 5.36. The molecule has 0 amide bonds. The van der Waals surface area contributed by atoms with Gasteiger partial charge in [0, 0.05) is 23.6 Å². The van der Waals surface area contributed by atoms with Gasteiger partial charge in [-0.25, -0.2) is 0 Å². The van der Waals surface area contributed by atoms with E-state index in [0.717, 1.165) is 48.6 Å². The molecular weight excluding hydrogens is 398 g/mol. The van der Waals surface area contributed by atoms with Crippen LogP contribution < -0.4 is 14.2 Å². The van der Waals surface area contributed by atoms with Crippen molar-refractivity contribution in [3.63, 3.8) is 0 Å². The van der Waals surface area contributed by atoms with Crippen molar-refractivity contribution in [2.75, 3.05) is 27.8 Å². The van der Waals surface area contributed by atoms with Gasteiger partial charge in [-0.15, -0.1) is 0 Å². The molecule has 1 fully saturated rings. The largest absolute Gasteiger partial charge is 0.496 e. The summed E-state index contributed by atoms with van der Waals surface area (Å²) in [6.07, 6.45) is 3.34. The summed E-state index contributed by atoms with van der Waals surface area (Å²) < 4.78 is 17.8. The van der Waals surface area contributed by atoms with E-state index in [4.69, 9.17) is 14.2 Å². The van der Waals surface area contributed by atoms with Crippen molar-refractivity contribution in [3.8, 4) is 17.2 Å². The van der Waals surface area contributed by atoms with Gasteiger partial charge in [-0.1, -0.05) is 48.5 Å². The number of para-hydroxylation sites is 1. The van der Waals surface area contributed by atoms with E-state index < -0.39 is 0 Å². The molecule has 0 saturated heterocycles. The highest BCUT2D eigenvalue weighted by atomic mass is 16.5. The predicted molar refractivity (Wildman–Crippen MR) is 127 cm³/mol. The van der Waals surface area contributed by atoms with Gasteiger partial charge in [0.2, 0.25) is 0 Å². The molecule has 0 bridgehead atoms. The quantitative estimate of drug-likeness (QED) is 0.493. The Labute approximate surface area is 190 Å². The van der Waals surface area contributed by atoms with E-state index in [-0.39, 0.29) is 11.5 Å². The molecule has 2 aliphatic rings. The van der Waals surface area contributed by atoms with Gasteiger partial charge in [-0.2, -0.15) is 0 Å². The lowest BCUT2D eigenvalue weighted by Crippen LogP contribution is -2.39. The van der Waals surface area contributed by atoms with Gasteiger partial charge in [0.1, 0.15) is 12.4 Å². The maximum absolute atomic E-state index is 6.28. The SMILES string of the molecule is COc1cc2c(cc1OCc1ccccc1)C(C1(c3ccccc3OC)CC1)N(C)CC2. The molecular formula is C28H31NO3. The molecule has 4 heteroatoms. The van der Waals surface area contributed by atoms with E-state index in [9.17, 15) is 0 Å². The van der Waals surface area contributed by atoms with Gasteiger partial charge >= 0.3 is 0 Å². The van der Waals surface area contributed by atoms with Crippen LogP contribution in [0.1, 0.15) is 41.1 Å². The van der Waals surface area contributed by atoms with Crippen molar-refractivity contribution in [2.24, 2.45) is 0 Å². The first kappa shape index (κ1) is 20.9. The Bertz CT molecular complexity index is 1090. The van der Waals surface area contributed by atoms with Crippen LogP contribution in [-0.4, -0.2) is 32.7 Å². The van der Waals surface area contributed by atoms with Crippen molar-refractivity contribution in [2.45, 2.75) is 37.3 Å². The van der Waals surface area contributed by atoms with Crippen molar-refractivity contribution in [1.82, 2.24) is 4.90 Å². The molecule has 4 nitrogen and oxygen atoms in total. The molecule has 0 aromatic heterocycles. The summed E-state index contributed by atoms with van der Waals surface area (Å²) in [5, 5.41) is 0. The van der Waals surface area contributed by atoms with E-state index in [2.05, 4.69) is 60.5 Å². The Balaban J connectivity index is 1.54. The molecule has 0 spiro atoms. The number of benzene rings is 3. The molecule has 5 rings (SSSR count). The summed E-state index contributed by atoms with van der Waals surface area (Å²) in [5.74, 6) is 2.61. The van der Waals surface area contributed by atoms with Gasteiger partial charge in [0.05, 0.1) is 14.2 Å². The number of fused-ring (bicyclic) bond motifs is 1. The Hall–Kier alpha value is -2.98. The standard InChI is InChI=1S/C28H31NO3/c1-29-16-13-21-17-25(31-3)26(32-19-20-9-5-4-6-10-20)18-22(21)27(29)28(14-15-28)23-11-7-8-12-24(23)30-2/h4-12,17-18,27H,13-16,19H2,1-3H3. The third-order valence-electron chi connectivity index (χ3n) is 7.09. The lowest BCUT2D eigenvalue weighted by molar-refractivity contribution is 0.184. The summed E-state index contributed by atoms with van der Waals surface area (Å²) >= 11 is 0. The van der Waals surface area contributed by atoms with Gasteiger partial charge in [-0.3, -0.25) is 4.90 Å². The Kier molecular flexibility index (Phi) is 5.56. The maximum Gasteiger partial charge on any atom is 0.162 e. The zero-order valence-corrected chi connectivity index (χ0v) is 19.1. The van der Waals surface area contributed by atoms with Crippen molar-refractivity contribution >= 4 is 0 Å². The van der Waals surface area contributed by atoms with Gasteiger partial charge < -0.3 is 14.2 Å². The van der Waals surface area contributed by atoms with E-state index >= 15 is 0 Å². The smallest absolute Gasteiger partial charge is 0.162 e. The third kappa shape index (κ3) is 3.63. The minimum atomic E-state index is 0.0712. The summed E-state index contributed by atoms with van der Waals surface area (Å²) in [5.41, 5.74) is 5.24. The number of nitrogens with zero attached hydrogens (tertiary/aromatic N) is 1. The van der Waals surface area contributed by atoms with Gasteiger partial charge in [-0.05, 0) is 61.2 Å². The molecule has 32 heavy (non-hydrogen) atoms. The molecule has 0 N–H and O–H groups in total. The lowest BCUT2D eigenvalue weighted by atomic mass is 9.78. The van der Waals surface area contributed by atoms with Crippen LogP contribution in [0.25, 0.3) is 0 Å². The summed E-state index contributed by atoms with van der Waals surface area (Å²) in [6, 6.07) is 23.5. The average molecular weight is 430 g/mol. The second-order valence-electron chi connectivity index (χ2n) is 8.97. The highest BCUT2D eigenvalue weighted by molar-refractivity contribution is 5.54. The average Bonchev–Trinajstić information content (AvgIpc) is 3.64. The topological polar surface area (TPSA) is 30.9 Å². The van der Waals surface area contributed by atoms with E-state index in [1.54, 1.807) is 14.2 Å². The maximum atomic E-state index is 6.28. The number of methoxy groups -OCH3 is 2. The van der Waals surface area contributed by atoms with Crippen LogP contribution in [0, 0.1) is 0 Å². The number of likely N-dealkylation sites (N-methyl/N-ethyl adjacent to an activating group) is 1. The molecule has 166 valence electrons. The highest BCUT2D eigenvalue weighted by Crippen LogP contribution is 2.62. The molecule has 1 unspecified atom stereocenters. The molecule has 3 aromatic carbocycles. The van der Waals surface area contributed by atoms with Crippen LogP contribution in [0.15, 0.2) is 66.7 Å². The first-order chi connectivity index (χ1) is 15.7. The minimum Gasteiger partial charge on any atom is -0.496 e. The number of hydrogen-bond acceptors (Lipinski definition) is 4. The Morgan fingerprint density at radius 2 is 1.59 bits per heavy atom. The lowest BCUT2D eigenvalue weighted by Gasteiger charge is -2.41. The second-order valence-corrected chi connectivity index (χ2v) is 8.97. The fourth-order valence-electron chi connectivity index (χ4n) is 5.36. The summed E-state index contributed by atoms with van der Waals surface area (Å²) in [4.78, 5) is 2.51. The van der Waals surface area contributed by atoms with E-state index in [0.29, 0.717) is 6.61 Å². The van der Waals surface area contributed by atoms with Crippen molar-refractivity contribution in [3.05, 3.63) is 89.0 Å². The first-order valence-corrected chi connectivity index (χ1v) is 11.4. The third-order valence-corrected chi connectivity index (χ3v) is 7.09. The van der Waals surface area contributed by atoms with Gasteiger partial charge in [0.25, 0.3) is 0 Å². The van der Waals surface area contributed by atoms with Crippen LogP contribution in [0.2, 0.25) is 0 Å². The van der Waals surface area contributed by atoms with Crippen molar-refractivity contribution in [1.29, 1.82) is 0 Å². The Morgan fingerprint density at radius 1 is 0.875 bits per heavy atom. The minimum absolute atomic E-state index is 0.0712. The number of ether oxygens (including phenoxy) is 3. The van der Waals surface area contributed by atoms with Crippen LogP contribution >= 0.6 is 0 Å². The zero-order chi connectivity index (χ0) is 22.1. The van der Waals surface area contributed by atoms with Crippen molar-refractivity contribution < 1.29 is 14.2 Å². The van der Waals surface area contributed by atoms with E-state index in [1.165, 1.54) is 16.7 Å². The second kappa shape index (κ2) is 8.51. The normalized spacial score (nSPS) is 19.2. The van der Waals surface area contributed by atoms with Crippen LogP contribution in [-0.2, 0) is 18.4 Å².